The summed E-state index contributed by atoms with van der Waals surface area (Å²) in [6.07, 6.45) is 0.597. The van der Waals surface area contributed by atoms with Crippen molar-refractivity contribution in [1.82, 2.24) is 5.16 Å². The Morgan fingerprint density at radius 1 is 1.29 bits per heavy atom. The predicted molar refractivity (Wildman–Crippen MR) is 52.7 cm³/mol. The Morgan fingerprint density at radius 3 is 3.06 bits per heavy atom. The van der Waals surface area contributed by atoms with Crippen molar-refractivity contribution in [1.29, 1.82) is 0 Å². The molecule has 0 bridgehead atoms. The van der Waals surface area contributed by atoms with Crippen LogP contribution in [0.25, 0.3) is 0 Å². The average molecular weight is 239 g/mol. The van der Waals surface area contributed by atoms with E-state index in [9.17, 15) is 0 Å². The van der Waals surface area contributed by atoms with E-state index in [1.54, 1.807) is 6.26 Å². The first-order valence-corrected chi connectivity index (χ1v) is 5.70. The summed E-state index contributed by atoms with van der Waals surface area (Å²) >= 11 is 0. The van der Waals surface area contributed by atoms with Gasteiger partial charge in [-0.15, -0.1) is 0 Å². The molecule has 0 aliphatic carbocycles. The molecule has 0 radical (unpaired) electrons. The van der Waals surface area contributed by atoms with Crippen molar-refractivity contribution in [3.8, 4) is 0 Å². The molecular formula is C11H13NO5. The van der Waals surface area contributed by atoms with Gasteiger partial charge in [-0.3, -0.25) is 0 Å². The molecule has 1 aromatic heterocycles. The summed E-state index contributed by atoms with van der Waals surface area (Å²) < 4.78 is 28.0. The number of hydrogen-bond donors (Lipinski definition) is 0. The van der Waals surface area contributed by atoms with Gasteiger partial charge in [-0.25, -0.2) is 0 Å². The number of hydrogen-bond acceptors (Lipinski definition) is 6. The van der Waals surface area contributed by atoms with Gasteiger partial charge in [-0.1, -0.05) is 5.16 Å². The Hall–Kier alpha value is -0.950. The van der Waals surface area contributed by atoms with Crippen LogP contribution in [-0.4, -0.2) is 29.4 Å². The maximum atomic E-state index is 5.81. The lowest BCUT2D eigenvalue weighted by molar-refractivity contribution is -0.223. The SMILES string of the molecule is CC1(C)O[C@H]2O[C@@H]3c4nocc4CO[C@@H]3[C@H]2O1. The number of rotatable bonds is 0. The van der Waals surface area contributed by atoms with Crippen molar-refractivity contribution in [2.45, 2.75) is 50.8 Å². The van der Waals surface area contributed by atoms with Crippen LogP contribution in [-0.2, 0) is 25.6 Å². The largest absolute Gasteiger partial charge is 0.367 e. The molecule has 3 aliphatic rings. The molecule has 6 heteroatoms. The van der Waals surface area contributed by atoms with E-state index in [4.69, 9.17) is 23.5 Å². The van der Waals surface area contributed by atoms with Crippen molar-refractivity contribution in [2.24, 2.45) is 0 Å². The van der Waals surface area contributed by atoms with E-state index in [-0.39, 0.29) is 24.6 Å². The van der Waals surface area contributed by atoms with Crippen molar-refractivity contribution in [2.75, 3.05) is 0 Å². The molecule has 6 nitrogen and oxygen atoms in total. The first kappa shape index (κ1) is 10.0. The van der Waals surface area contributed by atoms with Crippen LogP contribution in [0, 0.1) is 0 Å². The van der Waals surface area contributed by atoms with Crippen LogP contribution in [0.3, 0.4) is 0 Å². The van der Waals surface area contributed by atoms with Crippen molar-refractivity contribution in [3.63, 3.8) is 0 Å². The van der Waals surface area contributed by atoms with Gasteiger partial charge in [0.25, 0.3) is 0 Å². The fourth-order valence-corrected chi connectivity index (χ4v) is 2.68. The topological polar surface area (TPSA) is 63.0 Å². The van der Waals surface area contributed by atoms with Gasteiger partial charge in [-0.05, 0) is 13.8 Å². The van der Waals surface area contributed by atoms with Gasteiger partial charge in [0.2, 0.25) is 0 Å². The van der Waals surface area contributed by atoms with E-state index in [0.29, 0.717) is 6.61 Å². The highest BCUT2D eigenvalue weighted by Crippen LogP contribution is 2.47. The molecule has 4 heterocycles. The van der Waals surface area contributed by atoms with Crippen LogP contribution in [0.15, 0.2) is 10.8 Å². The minimum Gasteiger partial charge on any atom is -0.367 e. The minimum atomic E-state index is -0.617. The lowest BCUT2D eigenvalue weighted by Gasteiger charge is -2.28. The molecule has 0 spiro atoms. The van der Waals surface area contributed by atoms with Gasteiger partial charge >= 0.3 is 0 Å². The summed E-state index contributed by atoms with van der Waals surface area (Å²) in [5, 5.41) is 3.97. The normalized spacial score (nSPS) is 42.0. The molecule has 0 amide bonds. The monoisotopic (exact) mass is 239 g/mol. The standard InChI is InChI=1S/C11H13NO5/c1-11(2)16-9-8-7(15-10(9)17-11)6-5(3-13-8)4-14-12-6/h4,7-10H,3H2,1-2H3/t7-,8+,9-,10-/m1/s1. The van der Waals surface area contributed by atoms with Crippen molar-refractivity contribution >= 4 is 0 Å². The van der Waals surface area contributed by atoms with Gasteiger partial charge in [-0.2, -0.15) is 0 Å². The van der Waals surface area contributed by atoms with Gasteiger partial charge < -0.3 is 23.5 Å². The predicted octanol–water partition coefficient (Wildman–Crippen LogP) is 1.12. The minimum absolute atomic E-state index is 0.167. The highest BCUT2D eigenvalue weighted by atomic mass is 16.8. The summed E-state index contributed by atoms with van der Waals surface area (Å²) in [5.41, 5.74) is 1.74. The Balaban J connectivity index is 1.67. The van der Waals surface area contributed by atoms with Gasteiger partial charge in [0.15, 0.2) is 12.1 Å². The van der Waals surface area contributed by atoms with Gasteiger partial charge in [0.1, 0.15) is 30.3 Å². The molecule has 2 saturated heterocycles. The maximum Gasteiger partial charge on any atom is 0.190 e. The molecule has 0 aromatic carbocycles. The quantitative estimate of drug-likeness (QED) is 0.676. The first-order chi connectivity index (χ1) is 8.14. The Bertz CT molecular complexity index is 456. The molecule has 2 fully saturated rings. The Labute approximate surface area is 97.8 Å². The summed E-state index contributed by atoms with van der Waals surface area (Å²) in [6, 6.07) is 0. The Kier molecular flexibility index (Phi) is 1.82. The first-order valence-electron chi connectivity index (χ1n) is 5.70. The molecule has 92 valence electrons. The fraction of sp³-hybridized carbons (Fsp3) is 0.727. The smallest absolute Gasteiger partial charge is 0.190 e. The average Bonchev–Trinajstić information content (AvgIpc) is 2.88. The third-order valence-corrected chi connectivity index (χ3v) is 3.37. The molecule has 17 heavy (non-hydrogen) atoms. The fourth-order valence-electron chi connectivity index (χ4n) is 2.68. The third-order valence-electron chi connectivity index (χ3n) is 3.37. The number of fused-ring (bicyclic) bond motifs is 5. The molecule has 4 atom stereocenters. The second-order valence-electron chi connectivity index (χ2n) is 5.03. The van der Waals surface area contributed by atoms with Crippen LogP contribution >= 0.6 is 0 Å². The summed E-state index contributed by atoms with van der Waals surface area (Å²) in [7, 11) is 0. The third kappa shape index (κ3) is 1.32. The molecule has 3 aliphatic heterocycles. The Morgan fingerprint density at radius 2 is 2.18 bits per heavy atom. The van der Waals surface area contributed by atoms with E-state index >= 15 is 0 Å². The molecule has 4 rings (SSSR count). The summed E-state index contributed by atoms with van der Waals surface area (Å²) in [4.78, 5) is 0. The van der Waals surface area contributed by atoms with Crippen molar-refractivity contribution < 1.29 is 23.5 Å². The van der Waals surface area contributed by atoms with E-state index in [2.05, 4.69) is 5.16 Å². The number of aromatic nitrogens is 1. The van der Waals surface area contributed by atoms with E-state index in [1.807, 2.05) is 13.8 Å². The zero-order chi connectivity index (χ0) is 11.6. The molecule has 0 unspecified atom stereocenters. The second-order valence-corrected chi connectivity index (χ2v) is 5.03. The molecular weight excluding hydrogens is 226 g/mol. The lowest BCUT2D eigenvalue weighted by Crippen LogP contribution is -2.36. The number of ether oxygens (including phenoxy) is 4. The molecule has 0 N–H and O–H groups in total. The zero-order valence-electron chi connectivity index (χ0n) is 9.58. The van der Waals surface area contributed by atoms with Crippen LogP contribution in [0.5, 0.6) is 0 Å². The summed E-state index contributed by atoms with van der Waals surface area (Å²) in [6.45, 7) is 4.22. The summed E-state index contributed by atoms with van der Waals surface area (Å²) in [5.74, 6) is -0.617. The molecule has 0 saturated carbocycles. The van der Waals surface area contributed by atoms with Crippen LogP contribution in [0.2, 0.25) is 0 Å². The van der Waals surface area contributed by atoms with Crippen LogP contribution < -0.4 is 0 Å². The van der Waals surface area contributed by atoms with E-state index in [1.165, 1.54) is 0 Å². The van der Waals surface area contributed by atoms with E-state index < -0.39 is 5.79 Å². The van der Waals surface area contributed by atoms with Crippen LogP contribution in [0.4, 0.5) is 0 Å². The van der Waals surface area contributed by atoms with Crippen LogP contribution in [0.1, 0.15) is 31.2 Å². The van der Waals surface area contributed by atoms with Crippen molar-refractivity contribution in [3.05, 3.63) is 17.5 Å². The molecule has 1 aromatic rings. The highest BCUT2D eigenvalue weighted by Gasteiger charge is 2.58. The second kappa shape index (κ2) is 3.08. The van der Waals surface area contributed by atoms with E-state index in [0.717, 1.165) is 11.3 Å². The zero-order valence-corrected chi connectivity index (χ0v) is 9.58. The van der Waals surface area contributed by atoms with Gasteiger partial charge in [0.05, 0.1) is 6.61 Å². The van der Waals surface area contributed by atoms with Gasteiger partial charge in [0, 0.05) is 5.56 Å². The number of nitrogens with zero attached hydrogens (tertiary/aromatic N) is 1. The highest BCUT2D eigenvalue weighted by molar-refractivity contribution is 5.22. The maximum absolute atomic E-state index is 5.81. The lowest BCUT2D eigenvalue weighted by atomic mass is 10.0.